The summed E-state index contributed by atoms with van der Waals surface area (Å²) < 4.78 is 50.8. The first kappa shape index (κ1) is 25.2. The van der Waals surface area contributed by atoms with Crippen molar-refractivity contribution in [2.75, 3.05) is 31.7 Å². The third-order valence-electron chi connectivity index (χ3n) is 5.88. The SMILES string of the molecule is O=C(N[C@@H](CC1CCOCC1)C(=O)Nc1ccc(S(=O)(=O)NC2COC2)nc1)c1ccc(F)cc1. The monoisotopic (exact) mass is 506 g/mol. The van der Waals surface area contributed by atoms with E-state index in [1.165, 1.54) is 42.6 Å². The highest BCUT2D eigenvalue weighted by molar-refractivity contribution is 7.89. The zero-order chi connectivity index (χ0) is 24.8. The summed E-state index contributed by atoms with van der Waals surface area (Å²) in [7, 11) is -3.80. The van der Waals surface area contributed by atoms with Crippen LogP contribution in [-0.2, 0) is 24.3 Å². The van der Waals surface area contributed by atoms with E-state index in [0.29, 0.717) is 32.8 Å². The summed E-state index contributed by atoms with van der Waals surface area (Å²) in [5, 5.41) is 5.26. The second-order valence-corrected chi connectivity index (χ2v) is 10.2. The number of hydrogen-bond donors (Lipinski definition) is 3. The van der Waals surface area contributed by atoms with E-state index in [-0.39, 0.29) is 28.2 Å². The van der Waals surface area contributed by atoms with E-state index < -0.39 is 33.7 Å². The maximum atomic E-state index is 13.2. The Morgan fingerprint density at radius 2 is 1.77 bits per heavy atom. The maximum absolute atomic E-state index is 13.2. The van der Waals surface area contributed by atoms with Gasteiger partial charge in [0.2, 0.25) is 5.91 Å². The quantitative estimate of drug-likeness (QED) is 0.468. The van der Waals surface area contributed by atoms with Gasteiger partial charge in [0.1, 0.15) is 11.9 Å². The Balaban J connectivity index is 1.43. The molecule has 12 heteroatoms. The zero-order valence-corrected chi connectivity index (χ0v) is 19.7. The first-order chi connectivity index (χ1) is 16.8. The number of amides is 2. The number of carbonyl (C=O) groups excluding carboxylic acids is 2. The fraction of sp³-hybridized carbons (Fsp3) is 0.435. The molecule has 0 spiro atoms. The van der Waals surface area contributed by atoms with Gasteiger partial charge < -0.3 is 20.1 Å². The number of nitrogens with one attached hydrogen (secondary N) is 3. The largest absolute Gasteiger partial charge is 0.381 e. The highest BCUT2D eigenvalue weighted by Gasteiger charge is 2.28. The van der Waals surface area contributed by atoms with Gasteiger partial charge in [0.05, 0.1) is 31.1 Å². The number of ether oxygens (including phenoxy) is 2. The molecular formula is C23H27FN4O6S. The lowest BCUT2D eigenvalue weighted by atomic mass is 9.92. The number of sulfonamides is 1. The van der Waals surface area contributed by atoms with Crippen LogP contribution in [0.25, 0.3) is 0 Å². The number of hydrogen-bond acceptors (Lipinski definition) is 7. The van der Waals surface area contributed by atoms with Crippen LogP contribution in [0.3, 0.4) is 0 Å². The second-order valence-electron chi connectivity index (χ2n) is 8.55. The number of aromatic nitrogens is 1. The van der Waals surface area contributed by atoms with Crippen LogP contribution < -0.4 is 15.4 Å². The minimum absolute atomic E-state index is 0.175. The van der Waals surface area contributed by atoms with Crippen LogP contribution in [0, 0.1) is 11.7 Å². The molecule has 1 aromatic carbocycles. The van der Waals surface area contributed by atoms with Crippen LogP contribution in [0.4, 0.5) is 10.1 Å². The number of halogens is 1. The number of anilines is 1. The number of nitrogens with zero attached hydrogens (tertiary/aromatic N) is 1. The van der Waals surface area contributed by atoms with Crippen LogP contribution >= 0.6 is 0 Å². The summed E-state index contributed by atoms with van der Waals surface area (Å²) in [6, 6.07) is 6.64. The molecule has 2 fully saturated rings. The molecule has 1 aromatic heterocycles. The van der Waals surface area contributed by atoms with Crippen molar-refractivity contribution >= 4 is 27.5 Å². The molecule has 3 heterocycles. The van der Waals surface area contributed by atoms with Crippen LogP contribution in [0.15, 0.2) is 47.6 Å². The molecule has 2 aliphatic rings. The van der Waals surface area contributed by atoms with Crippen molar-refractivity contribution in [2.45, 2.75) is 36.4 Å². The van der Waals surface area contributed by atoms with Gasteiger partial charge in [-0.1, -0.05) is 0 Å². The van der Waals surface area contributed by atoms with Crippen molar-refractivity contribution in [2.24, 2.45) is 5.92 Å². The molecule has 0 bridgehead atoms. The minimum Gasteiger partial charge on any atom is -0.381 e. The molecule has 4 rings (SSSR count). The van der Waals surface area contributed by atoms with Gasteiger partial charge in [-0.3, -0.25) is 9.59 Å². The molecule has 10 nitrogen and oxygen atoms in total. The van der Waals surface area contributed by atoms with Crippen molar-refractivity contribution in [1.82, 2.24) is 15.0 Å². The van der Waals surface area contributed by atoms with E-state index >= 15 is 0 Å². The normalized spacial score (nSPS) is 17.9. The molecule has 0 radical (unpaired) electrons. The molecular weight excluding hydrogens is 479 g/mol. The van der Waals surface area contributed by atoms with Gasteiger partial charge in [0.15, 0.2) is 5.03 Å². The molecule has 2 saturated heterocycles. The van der Waals surface area contributed by atoms with Gasteiger partial charge in [-0.05, 0) is 61.6 Å². The average molecular weight is 507 g/mol. The van der Waals surface area contributed by atoms with E-state index in [1.54, 1.807) is 0 Å². The van der Waals surface area contributed by atoms with Gasteiger partial charge >= 0.3 is 0 Å². The Morgan fingerprint density at radius 3 is 2.37 bits per heavy atom. The third-order valence-corrected chi connectivity index (χ3v) is 7.31. The number of pyridine rings is 1. The molecule has 0 saturated carbocycles. The topological polar surface area (TPSA) is 136 Å². The van der Waals surface area contributed by atoms with Crippen molar-refractivity contribution in [1.29, 1.82) is 0 Å². The van der Waals surface area contributed by atoms with Gasteiger partial charge in [-0.2, -0.15) is 0 Å². The van der Waals surface area contributed by atoms with E-state index in [4.69, 9.17) is 9.47 Å². The lowest BCUT2D eigenvalue weighted by molar-refractivity contribution is -0.118. The van der Waals surface area contributed by atoms with E-state index in [2.05, 4.69) is 20.3 Å². The fourth-order valence-corrected chi connectivity index (χ4v) is 4.95. The summed E-state index contributed by atoms with van der Waals surface area (Å²) >= 11 is 0. The third kappa shape index (κ3) is 6.82. The van der Waals surface area contributed by atoms with E-state index in [0.717, 1.165) is 12.8 Å². The average Bonchev–Trinajstić information content (AvgIpc) is 2.82. The molecule has 35 heavy (non-hydrogen) atoms. The Hall–Kier alpha value is -2.93. The Kier molecular flexibility index (Phi) is 8.06. The van der Waals surface area contributed by atoms with Crippen molar-refractivity contribution in [3.05, 3.63) is 54.0 Å². The standard InChI is InChI=1S/C23H27FN4O6S/c24-17-3-1-16(2-4-17)22(29)27-20(11-15-7-9-33-10-8-15)23(30)26-18-5-6-21(25-12-18)35(31,32)28-19-13-34-14-19/h1-6,12,15,19-20,28H,7-11,13-14H2,(H,26,30)(H,27,29)/t20-/m0/s1. The van der Waals surface area contributed by atoms with Crippen molar-refractivity contribution in [3.8, 4) is 0 Å². The first-order valence-corrected chi connectivity index (χ1v) is 12.8. The van der Waals surface area contributed by atoms with Crippen molar-refractivity contribution in [3.63, 3.8) is 0 Å². The van der Waals surface area contributed by atoms with Gasteiger partial charge in [0, 0.05) is 18.8 Å². The Morgan fingerprint density at radius 1 is 1.06 bits per heavy atom. The Bertz CT molecular complexity index is 1130. The van der Waals surface area contributed by atoms with Crippen molar-refractivity contribution < 1.29 is 31.9 Å². The summed E-state index contributed by atoms with van der Waals surface area (Å²) in [4.78, 5) is 29.8. The van der Waals surface area contributed by atoms with Gasteiger partial charge in [0.25, 0.3) is 15.9 Å². The molecule has 1 atom stereocenters. The molecule has 3 N–H and O–H groups in total. The maximum Gasteiger partial charge on any atom is 0.258 e. The predicted octanol–water partition coefficient (Wildman–Crippen LogP) is 1.45. The molecule has 188 valence electrons. The number of benzene rings is 1. The van der Waals surface area contributed by atoms with Crippen LogP contribution in [0.5, 0.6) is 0 Å². The highest BCUT2D eigenvalue weighted by atomic mass is 32.2. The van der Waals surface area contributed by atoms with Crippen LogP contribution in [0.1, 0.15) is 29.6 Å². The fourth-order valence-electron chi connectivity index (χ4n) is 3.82. The zero-order valence-electron chi connectivity index (χ0n) is 18.9. The molecule has 2 aliphatic heterocycles. The number of rotatable bonds is 9. The predicted molar refractivity (Wildman–Crippen MR) is 124 cm³/mol. The first-order valence-electron chi connectivity index (χ1n) is 11.3. The summed E-state index contributed by atoms with van der Waals surface area (Å²) in [5.41, 5.74) is 0.519. The molecule has 0 aliphatic carbocycles. The van der Waals surface area contributed by atoms with Crippen LogP contribution in [-0.4, -0.2) is 63.7 Å². The smallest absolute Gasteiger partial charge is 0.258 e. The minimum atomic E-state index is -3.80. The lowest BCUT2D eigenvalue weighted by Crippen LogP contribution is -2.48. The highest BCUT2D eigenvalue weighted by Crippen LogP contribution is 2.21. The molecule has 2 aromatic rings. The molecule has 0 unspecified atom stereocenters. The van der Waals surface area contributed by atoms with Gasteiger partial charge in [-0.25, -0.2) is 22.5 Å². The summed E-state index contributed by atoms with van der Waals surface area (Å²) in [6.45, 7) is 1.80. The Labute approximate surface area is 202 Å². The second kappa shape index (κ2) is 11.2. The summed E-state index contributed by atoms with van der Waals surface area (Å²) in [6.07, 6.45) is 3.18. The van der Waals surface area contributed by atoms with E-state index in [9.17, 15) is 22.4 Å². The van der Waals surface area contributed by atoms with Gasteiger partial charge in [-0.15, -0.1) is 0 Å². The van der Waals surface area contributed by atoms with Crippen LogP contribution in [0.2, 0.25) is 0 Å². The number of carbonyl (C=O) groups is 2. The molecule has 2 amide bonds. The lowest BCUT2D eigenvalue weighted by Gasteiger charge is -2.27. The van der Waals surface area contributed by atoms with E-state index in [1.807, 2.05) is 0 Å². The summed E-state index contributed by atoms with van der Waals surface area (Å²) in [5.74, 6) is -1.25.